The molecule has 0 aliphatic rings. The van der Waals surface area contributed by atoms with Gasteiger partial charge in [0.2, 0.25) is 0 Å². The Morgan fingerprint density at radius 3 is 1.51 bits per heavy atom. The number of rotatable bonds is 11. The highest BCUT2D eigenvalue weighted by atomic mass is 16.6. The number of aromatic carboxylic acids is 1. The second kappa shape index (κ2) is 27.5. The molecule has 1 rings (SSSR count). The minimum absolute atomic E-state index is 0. The van der Waals surface area contributed by atoms with Gasteiger partial charge in [-0.1, -0.05) is 102 Å². The average Bonchev–Trinajstić information content (AvgIpc) is 2.91. The van der Waals surface area contributed by atoms with Gasteiger partial charge in [0.05, 0.1) is 30.7 Å². The molecule has 0 aliphatic heterocycles. The Morgan fingerprint density at radius 2 is 1.27 bits per heavy atom. The number of hydrogen-bond donors (Lipinski definition) is 3. The fourth-order valence-corrected chi connectivity index (χ4v) is 3.21. The quantitative estimate of drug-likeness (QED) is 0.205. The maximum absolute atomic E-state index is 11.2. The number of esters is 2. The molecule has 4 N–H and O–H groups in total. The first kappa shape index (κ1) is 51.8. The van der Waals surface area contributed by atoms with Gasteiger partial charge >= 0.3 is 17.9 Å². The maximum Gasteiger partial charge on any atom is 0.335 e. The molecule has 0 heterocycles. The second-order valence-corrected chi connectivity index (χ2v) is 12.5. The molecule has 0 saturated carbocycles. The van der Waals surface area contributed by atoms with Gasteiger partial charge in [-0.15, -0.1) is 0 Å². The average molecular weight is 644 g/mol. The van der Waals surface area contributed by atoms with Crippen molar-refractivity contribution in [1.29, 1.82) is 0 Å². The summed E-state index contributed by atoms with van der Waals surface area (Å²) in [6.45, 7) is 24.8. The van der Waals surface area contributed by atoms with E-state index >= 15 is 0 Å². The van der Waals surface area contributed by atoms with Gasteiger partial charge in [-0.3, -0.25) is 9.59 Å². The fraction of sp³-hybridized carbons (Fsp3) is 0.722. The molecular formula is C36H69NO8. The molecule has 0 fully saturated rings. The molecule has 266 valence electrons. The molecule has 0 saturated heterocycles. The largest absolute Gasteiger partial charge is 0.478 e. The molecule has 0 bridgehead atoms. The molecule has 9 heteroatoms. The number of Topliss-reactive ketones (excluding diaryl/α,β-unsaturated/α-hetero) is 1. The summed E-state index contributed by atoms with van der Waals surface area (Å²) in [4.78, 5) is 43.2. The van der Waals surface area contributed by atoms with Crippen molar-refractivity contribution in [1.82, 2.24) is 0 Å². The Kier molecular flexibility index (Phi) is 31.7. The van der Waals surface area contributed by atoms with Gasteiger partial charge in [0.1, 0.15) is 5.78 Å². The van der Waals surface area contributed by atoms with Crippen molar-refractivity contribution in [3.05, 3.63) is 35.4 Å². The van der Waals surface area contributed by atoms with Gasteiger partial charge in [0.15, 0.2) is 6.10 Å². The molecule has 0 aromatic heterocycles. The SMILES string of the molecule is C.C.CC(=O)C(N)CC(C)C.CC(C)OC(=O)C(O)C(C)C(C)C.CC(C)c1ccccc1C(=O)O.COC(=O)C(C)C(C)C. The number of benzene rings is 1. The first-order valence-corrected chi connectivity index (χ1v) is 15.2. The van der Waals surface area contributed by atoms with Gasteiger partial charge in [-0.05, 0) is 68.4 Å². The zero-order valence-electron chi connectivity index (χ0n) is 29.1. The fourth-order valence-electron chi connectivity index (χ4n) is 3.21. The van der Waals surface area contributed by atoms with E-state index in [1.165, 1.54) is 14.0 Å². The number of aliphatic hydroxyl groups is 1. The predicted molar refractivity (Wildman–Crippen MR) is 186 cm³/mol. The number of carboxylic acid groups (broad SMARTS) is 1. The van der Waals surface area contributed by atoms with E-state index in [4.69, 9.17) is 15.6 Å². The molecule has 4 atom stereocenters. The summed E-state index contributed by atoms with van der Waals surface area (Å²) >= 11 is 0. The van der Waals surface area contributed by atoms with Crippen LogP contribution in [0.2, 0.25) is 0 Å². The summed E-state index contributed by atoms with van der Waals surface area (Å²) in [6, 6.07) is 6.85. The highest BCUT2D eigenvalue weighted by Crippen LogP contribution is 2.19. The van der Waals surface area contributed by atoms with Gasteiger partial charge in [-0.25, -0.2) is 9.59 Å². The molecule has 4 unspecified atom stereocenters. The first-order chi connectivity index (χ1) is 19.6. The van der Waals surface area contributed by atoms with E-state index < -0.39 is 18.0 Å². The number of carbonyl (C=O) groups is 4. The van der Waals surface area contributed by atoms with Gasteiger partial charge < -0.3 is 25.4 Å². The zero-order chi connectivity index (χ0) is 34.6. The van der Waals surface area contributed by atoms with Crippen molar-refractivity contribution >= 4 is 23.7 Å². The number of carboxylic acids is 1. The van der Waals surface area contributed by atoms with Crippen molar-refractivity contribution in [2.75, 3.05) is 7.11 Å². The van der Waals surface area contributed by atoms with E-state index in [-0.39, 0.29) is 62.4 Å². The van der Waals surface area contributed by atoms with Crippen LogP contribution < -0.4 is 5.73 Å². The number of methoxy groups -OCH3 is 1. The van der Waals surface area contributed by atoms with Crippen LogP contribution in [0.5, 0.6) is 0 Å². The third kappa shape index (κ3) is 25.1. The predicted octanol–water partition coefficient (Wildman–Crippen LogP) is 7.77. The van der Waals surface area contributed by atoms with Crippen LogP contribution in [0.1, 0.15) is 133 Å². The Balaban J connectivity index is -0.000000158. The number of carbonyl (C=O) groups excluding carboxylic acids is 3. The lowest BCUT2D eigenvalue weighted by Gasteiger charge is -2.21. The second-order valence-electron chi connectivity index (χ2n) is 12.5. The van der Waals surface area contributed by atoms with Crippen LogP contribution >= 0.6 is 0 Å². The lowest BCUT2D eigenvalue weighted by molar-refractivity contribution is -0.161. The molecule has 9 nitrogen and oxygen atoms in total. The Morgan fingerprint density at radius 1 is 0.800 bits per heavy atom. The molecule has 1 aromatic carbocycles. The van der Waals surface area contributed by atoms with Crippen LogP contribution in [0, 0.1) is 29.6 Å². The molecule has 0 spiro atoms. The normalized spacial score (nSPS) is 12.8. The van der Waals surface area contributed by atoms with Crippen molar-refractivity contribution in [2.45, 2.75) is 135 Å². The first-order valence-electron chi connectivity index (χ1n) is 15.2. The standard InChI is InChI=1S/C10H20O3.C10H12O2.C7H15NO.C7H14O2.2CH4/c1-6(2)8(5)9(11)10(12)13-7(3)4;1-7(2)8-5-3-4-6-9(8)10(11)12;1-5(2)4-7(8)6(3)9;1-5(2)6(3)7(8)9-4;;/h6-9,11H,1-5H3;3-7H,1-2H3,(H,11,12);5,7H,4,8H2,1-3H3;5-6H,1-4H3;2*1H4. The third-order valence-electron chi connectivity index (χ3n) is 6.78. The van der Waals surface area contributed by atoms with Crippen LogP contribution in [0.4, 0.5) is 0 Å². The van der Waals surface area contributed by atoms with E-state index in [1.807, 2.05) is 67.5 Å². The van der Waals surface area contributed by atoms with Crippen LogP contribution in [0.25, 0.3) is 0 Å². The molecule has 0 aliphatic carbocycles. The smallest absolute Gasteiger partial charge is 0.335 e. The van der Waals surface area contributed by atoms with Crippen molar-refractivity contribution in [3.63, 3.8) is 0 Å². The highest BCUT2D eigenvalue weighted by molar-refractivity contribution is 5.89. The summed E-state index contributed by atoms with van der Waals surface area (Å²) in [5.74, 6) is -0.0150. The lowest BCUT2D eigenvalue weighted by atomic mass is 9.92. The van der Waals surface area contributed by atoms with Crippen molar-refractivity contribution in [2.24, 2.45) is 35.3 Å². The Bertz CT molecular complexity index is 941. The number of aliphatic hydroxyl groups excluding tert-OH is 1. The number of ketones is 1. The van der Waals surface area contributed by atoms with Crippen LogP contribution in [-0.2, 0) is 23.9 Å². The Labute approximate surface area is 275 Å². The van der Waals surface area contributed by atoms with Gasteiger partial charge in [0, 0.05) is 0 Å². The maximum atomic E-state index is 11.2. The van der Waals surface area contributed by atoms with Crippen molar-refractivity contribution in [3.8, 4) is 0 Å². The summed E-state index contributed by atoms with van der Waals surface area (Å²) in [6.07, 6.45) is -0.362. The molecule has 0 amide bonds. The lowest BCUT2D eigenvalue weighted by Crippen LogP contribution is -2.33. The van der Waals surface area contributed by atoms with Crippen molar-refractivity contribution < 1.29 is 38.9 Å². The minimum atomic E-state index is -0.998. The molecule has 45 heavy (non-hydrogen) atoms. The van der Waals surface area contributed by atoms with Gasteiger partial charge in [0.25, 0.3) is 0 Å². The summed E-state index contributed by atoms with van der Waals surface area (Å²) in [5.41, 5.74) is 6.77. The summed E-state index contributed by atoms with van der Waals surface area (Å²) in [5, 5.41) is 18.3. The third-order valence-corrected chi connectivity index (χ3v) is 6.78. The minimum Gasteiger partial charge on any atom is -0.478 e. The topological polar surface area (TPSA) is 153 Å². The van der Waals surface area contributed by atoms with Gasteiger partial charge in [-0.2, -0.15) is 0 Å². The summed E-state index contributed by atoms with van der Waals surface area (Å²) < 4.78 is 9.43. The van der Waals surface area contributed by atoms with E-state index in [9.17, 15) is 24.3 Å². The van der Waals surface area contributed by atoms with Crippen LogP contribution in [-0.4, -0.2) is 59.3 Å². The van der Waals surface area contributed by atoms with Crippen LogP contribution in [0.3, 0.4) is 0 Å². The molecule has 1 aromatic rings. The van der Waals surface area contributed by atoms with E-state index in [1.54, 1.807) is 26.0 Å². The molecular weight excluding hydrogens is 574 g/mol. The highest BCUT2D eigenvalue weighted by Gasteiger charge is 2.26. The Hall–Kier alpha value is -2.78. The zero-order valence-corrected chi connectivity index (χ0v) is 29.1. The van der Waals surface area contributed by atoms with Crippen LogP contribution in [0.15, 0.2) is 24.3 Å². The number of nitrogens with two attached hydrogens (primary N) is 1. The van der Waals surface area contributed by atoms with E-state index in [0.717, 1.165) is 12.0 Å². The molecule has 0 radical (unpaired) electrons. The monoisotopic (exact) mass is 644 g/mol. The number of hydrogen-bond acceptors (Lipinski definition) is 8. The summed E-state index contributed by atoms with van der Waals surface area (Å²) in [7, 11) is 1.42. The number of ether oxygens (including phenoxy) is 2. The van der Waals surface area contributed by atoms with E-state index in [0.29, 0.717) is 17.4 Å². The van der Waals surface area contributed by atoms with E-state index in [2.05, 4.69) is 18.6 Å².